The standard InChI is InChI=1S/C53H38N2O2/c1-33-14-10-12-20-47(33)54(40-16-6-4-7-17-40)42-24-22-36-28-44-45-32-51-52(35(3)53(45)57-49(44)30-38(36)26-42)46-29-37-23-25-43(27-39(37)31-50(46)56-51)55(41-18-8-5-9-19-41)48-21-13-11-15-34(48)2/h4-32H,1-3H3. The zero-order valence-electron chi connectivity index (χ0n) is 32.0. The molecule has 272 valence electrons. The third-order valence-corrected chi connectivity index (χ3v) is 11.6. The van der Waals surface area contributed by atoms with E-state index in [4.69, 9.17) is 8.83 Å². The van der Waals surface area contributed by atoms with Gasteiger partial charge in [-0.15, -0.1) is 0 Å². The van der Waals surface area contributed by atoms with E-state index in [0.29, 0.717) is 0 Å². The van der Waals surface area contributed by atoms with Crippen LogP contribution in [0.5, 0.6) is 0 Å². The van der Waals surface area contributed by atoms with Gasteiger partial charge < -0.3 is 18.6 Å². The Bertz CT molecular complexity index is 3230. The first-order valence-corrected chi connectivity index (χ1v) is 19.5. The molecular weight excluding hydrogens is 697 g/mol. The van der Waals surface area contributed by atoms with Gasteiger partial charge in [-0.05, 0) is 144 Å². The van der Waals surface area contributed by atoms with Gasteiger partial charge in [0.25, 0.3) is 0 Å². The van der Waals surface area contributed by atoms with Gasteiger partial charge in [0.15, 0.2) is 0 Å². The lowest BCUT2D eigenvalue weighted by Gasteiger charge is -2.27. The van der Waals surface area contributed by atoms with E-state index < -0.39 is 0 Å². The molecule has 0 atom stereocenters. The Morgan fingerprint density at radius 2 is 0.842 bits per heavy atom. The van der Waals surface area contributed by atoms with Crippen LogP contribution in [0.1, 0.15) is 16.7 Å². The van der Waals surface area contributed by atoms with Gasteiger partial charge in [0.1, 0.15) is 22.3 Å². The first kappa shape index (κ1) is 33.1. The van der Waals surface area contributed by atoms with Crippen molar-refractivity contribution in [2.24, 2.45) is 0 Å². The SMILES string of the molecule is Cc1ccccc1N(c1ccccc1)c1ccc2cc3c(cc2c1)oc1c(C)c2c(cc13)oc1cc3cc(N(c4ccccc4)c4ccccc4C)ccc3cc12. The van der Waals surface area contributed by atoms with E-state index in [2.05, 4.69) is 206 Å². The van der Waals surface area contributed by atoms with Gasteiger partial charge >= 0.3 is 0 Å². The molecule has 0 unspecified atom stereocenters. The van der Waals surface area contributed by atoms with E-state index in [9.17, 15) is 0 Å². The van der Waals surface area contributed by atoms with Gasteiger partial charge in [-0.25, -0.2) is 0 Å². The largest absolute Gasteiger partial charge is 0.456 e. The summed E-state index contributed by atoms with van der Waals surface area (Å²) in [5, 5.41) is 8.90. The molecule has 2 heterocycles. The van der Waals surface area contributed by atoms with Crippen LogP contribution < -0.4 is 9.80 Å². The van der Waals surface area contributed by atoms with Crippen molar-refractivity contribution < 1.29 is 8.83 Å². The number of para-hydroxylation sites is 4. The maximum absolute atomic E-state index is 6.77. The lowest BCUT2D eigenvalue weighted by molar-refractivity contribution is 0.662. The molecule has 11 aromatic rings. The summed E-state index contributed by atoms with van der Waals surface area (Å²) in [5.74, 6) is 0. The van der Waals surface area contributed by atoms with Crippen LogP contribution in [0.3, 0.4) is 0 Å². The second-order valence-corrected chi connectivity index (χ2v) is 15.1. The molecule has 0 N–H and O–H groups in total. The second kappa shape index (κ2) is 12.9. The van der Waals surface area contributed by atoms with E-state index in [1.165, 1.54) is 11.1 Å². The molecule has 9 aromatic carbocycles. The fourth-order valence-electron chi connectivity index (χ4n) is 8.76. The Kier molecular flexibility index (Phi) is 7.48. The number of benzene rings is 9. The van der Waals surface area contributed by atoms with Gasteiger partial charge in [-0.2, -0.15) is 0 Å². The fourth-order valence-corrected chi connectivity index (χ4v) is 8.76. The Hall–Kier alpha value is -7.30. The van der Waals surface area contributed by atoms with Crippen molar-refractivity contribution in [1.29, 1.82) is 0 Å². The van der Waals surface area contributed by atoms with Gasteiger partial charge in [0, 0.05) is 61.2 Å². The van der Waals surface area contributed by atoms with Crippen molar-refractivity contribution in [2.45, 2.75) is 20.8 Å². The normalized spacial score (nSPS) is 11.8. The first-order chi connectivity index (χ1) is 28.0. The summed E-state index contributed by atoms with van der Waals surface area (Å²) in [5.41, 5.74) is 13.8. The van der Waals surface area contributed by atoms with E-state index >= 15 is 0 Å². The minimum Gasteiger partial charge on any atom is -0.456 e. The molecule has 0 bridgehead atoms. The number of hydrogen-bond acceptors (Lipinski definition) is 4. The number of anilines is 6. The predicted octanol–water partition coefficient (Wildman–Crippen LogP) is 15.7. The molecule has 0 saturated carbocycles. The van der Waals surface area contributed by atoms with Gasteiger partial charge in [0.2, 0.25) is 0 Å². The Labute approximate surface area is 330 Å². The van der Waals surface area contributed by atoms with Gasteiger partial charge in [0.05, 0.1) is 0 Å². The molecule has 0 spiro atoms. The van der Waals surface area contributed by atoms with E-state index in [-0.39, 0.29) is 0 Å². The quantitative estimate of drug-likeness (QED) is 0.170. The number of furan rings is 2. The van der Waals surface area contributed by atoms with Gasteiger partial charge in [-0.3, -0.25) is 0 Å². The fraction of sp³-hybridized carbons (Fsp3) is 0.0566. The van der Waals surface area contributed by atoms with Crippen molar-refractivity contribution in [3.63, 3.8) is 0 Å². The van der Waals surface area contributed by atoms with Crippen LogP contribution in [0.2, 0.25) is 0 Å². The molecule has 0 aliphatic carbocycles. The van der Waals surface area contributed by atoms with Crippen LogP contribution in [-0.2, 0) is 0 Å². The molecule has 0 amide bonds. The summed E-state index contributed by atoms with van der Waals surface area (Å²) in [7, 11) is 0. The average molecular weight is 735 g/mol. The molecule has 0 fully saturated rings. The molecule has 0 aliphatic rings. The number of rotatable bonds is 6. The third-order valence-electron chi connectivity index (χ3n) is 11.6. The summed E-state index contributed by atoms with van der Waals surface area (Å²) in [6.07, 6.45) is 0. The van der Waals surface area contributed by atoms with Crippen LogP contribution in [0.25, 0.3) is 65.4 Å². The maximum atomic E-state index is 6.77. The highest BCUT2D eigenvalue weighted by atomic mass is 16.3. The van der Waals surface area contributed by atoms with Crippen LogP contribution in [0.15, 0.2) is 185 Å². The lowest BCUT2D eigenvalue weighted by Crippen LogP contribution is -2.11. The predicted molar refractivity (Wildman–Crippen MR) is 240 cm³/mol. The molecular formula is C53H38N2O2. The van der Waals surface area contributed by atoms with Crippen molar-refractivity contribution in [3.8, 4) is 0 Å². The minimum atomic E-state index is 0.867. The highest BCUT2D eigenvalue weighted by Crippen LogP contribution is 2.44. The summed E-state index contributed by atoms with van der Waals surface area (Å²) in [6, 6.07) is 62.7. The molecule has 4 nitrogen and oxygen atoms in total. The van der Waals surface area contributed by atoms with E-state index in [0.717, 1.165) is 105 Å². The molecule has 2 aromatic heterocycles. The van der Waals surface area contributed by atoms with Crippen LogP contribution in [0, 0.1) is 20.8 Å². The zero-order chi connectivity index (χ0) is 38.2. The molecule has 57 heavy (non-hydrogen) atoms. The molecule has 0 saturated heterocycles. The number of aryl methyl sites for hydroxylation is 3. The van der Waals surface area contributed by atoms with E-state index in [1.54, 1.807) is 0 Å². The topological polar surface area (TPSA) is 32.8 Å². The Balaban J connectivity index is 1.03. The Morgan fingerprint density at radius 3 is 1.39 bits per heavy atom. The smallest absolute Gasteiger partial charge is 0.139 e. The average Bonchev–Trinajstić information content (AvgIpc) is 3.79. The highest BCUT2D eigenvalue weighted by molar-refractivity contribution is 6.20. The van der Waals surface area contributed by atoms with Crippen LogP contribution >= 0.6 is 0 Å². The summed E-state index contributed by atoms with van der Waals surface area (Å²) in [4.78, 5) is 4.66. The van der Waals surface area contributed by atoms with Crippen LogP contribution in [0.4, 0.5) is 34.1 Å². The van der Waals surface area contributed by atoms with Crippen molar-refractivity contribution >= 4 is 99.5 Å². The summed E-state index contributed by atoms with van der Waals surface area (Å²) in [6.45, 7) is 6.49. The van der Waals surface area contributed by atoms with Gasteiger partial charge in [-0.1, -0.05) is 84.9 Å². The first-order valence-electron chi connectivity index (χ1n) is 19.5. The summed E-state index contributed by atoms with van der Waals surface area (Å²) < 4.78 is 13.5. The molecule has 0 radical (unpaired) electrons. The van der Waals surface area contributed by atoms with E-state index in [1.807, 2.05) is 0 Å². The summed E-state index contributed by atoms with van der Waals surface area (Å²) >= 11 is 0. The molecule has 4 heteroatoms. The van der Waals surface area contributed by atoms with Crippen LogP contribution in [-0.4, -0.2) is 0 Å². The maximum Gasteiger partial charge on any atom is 0.139 e. The second-order valence-electron chi connectivity index (χ2n) is 15.1. The van der Waals surface area contributed by atoms with Crippen molar-refractivity contribution in [2.75, 3.05) is 9.80 Å². The zero-order valence-corrected chi connectivity index (χ0v) is 32.0. The number of hydrogen-bond donors (Lipinski definition) is 0. The number of fused-ring (bicyclic) bond motifs is 8. The third kappa shape index (κ3) is 5.37. The van der Waals surface area contributed by atoms with Crippen molar-refractivity contribution in [1.82, 2.24) is 0 Å². The monoisotopic (exact) mass is 734 g/mol. The highest BCUT2D eigenvalue weighted by Gasteiger charge is 2.21. The molecule has 0 aliphatic heterocycles. The molecule has 11 rings (SSSR count). The minimum absolute atomic E-state index is 0.867. The lowest BCUT2D eigenvalue weighted by atomic mass is 10.00. The van der Waals surface area contributed by atoms with Crippen molar-refractivity contribution in [3.05, 3.63) is 193 Å². The Morgan fingerprint density at radius 1 is 0.351 bits per heavy atom. The number of nitrogens with zero attached hydrogens (tertiary/aromatic N) is 2.